The van der Waals surface area contributed by atoms with E-state index in [4.69, 9.17) is 5.73 Å². The smallest absolute Gasteiger partial charge is 0.126 e. The molecule has 0 bridgehead atoms. The van der Waals surface area contributed by atoms with E-state index in [0.29, 0.717) is 18.5 Å². The number of halogens is 3. The van der Waals surface area contributed by atoms with Crippen molar-refractivity contribution in [3.8, 4) is 0 Å². The Morgan fingerprint density at radius 3 is 2.11 bits per heavy atom. The Morgan fingerprint density at radius 2 is 1.58 bits per heavy atom. The molecule has 0 radical (unpaired) electrons. The van der Waals surface area contributed by atoms with Crippen LogP contribution in [0.2, 0.25) is 0 Å². The third-order valence-electron chi connectivity index (χ3n) is 3.03. The Kier molecular flexibility index (Phi) is 4.66. The molecule has 0 amide bonds. The lowest BCUT2D eigenvalue weighted by atomic mass is 9.92. The van der Waals surface area contributed by atoms with Gasteiger partial charge in [0, 0.05) is 16.5 Å². The molecule has 2 rings (SSSR count). The Bertz CT molecular complexity index is 534. The molecule has 0 heterocycles. The highest BCUT2D eigenvalue weighted by atomic mass is 79.9. The average Bonchev–Trinajstić information content (AvgIpc) is 2.36. The summed E-state index contributed by atoms with van der Waals surface area (Å²) in [6, 6.07) is 11.4. The first-order chi connectivity index (χ1) is 9.08. The molecule has 4 heteroatoms. The summed E-state index contributed by atoms with van der Waals surface area (Å²) in [6.07, 6.45) is 0.521. The lowest BCUT2D eigenvalue weighted by Crippen LogP contribution is -2.15. The van der Waals surface area contributed by atoms with Crippen LogP contribution in [-0.2, 0) is 6.42 Å². The van der Waals surface area contributed by atoms with Crippen molar-refractivity contribution in [3.63, 3.8) is 0 Å². The molecule has 0 fully saturated rings. The second-order valence-electron chi connectivity index (χ2n) is 4.47. The Balaban J connectivity index is 2.21. The van der Waals surface area contributed by atoms with E-state index in [1.807, 2.05) is 24.3 Å². The molecule has 1 unspecified atom stereocenters. The molecule has 100 valence electrons. The van der Waals surface area contributed by atoms with Crippen molar-refractivity contribution in [2.24, 2.45) is 5.73 Å². The molecule has 0 aromatic heterocycles. The summed E-state index contributed by atoms with van der Waals surface area (Å²) in [7, 11) is 0. The van der Waals surface area contributed by atoms with Gasteiger partial charge in [-0.1, -0.05) is 28.1 Å². The molecule has 2 aromatic carbocycles. The zero-order valence-corrected chi connectivity index (χ0v) is 11.8. The number of benzene rings is 2. The molecule has 2 aromatic rings. The quantitative estimate of drug-likeness (QED) is 0.903. The molecule has 1 nitrogen and oxygen atoms in total. The standard InChI is InChI=1S/C15H14BrF2N/c16-13-3-1-11(2-4-13)12(9-19)5-10-6-14(17)8-15(18)7-10/h1-4,6-8,12H,5,9,19H2. The predicted octanol–water partition coefficient (Wildman–Crippen LogP) is 4.01. The molecule has 2 N–H and O–H groups in total. The van der Waals surface area contributed by atoms with Gasteiger partial charge in [-0.15, -0.1) is 0 Å². The van der Waals surface area contributed by atoms with Crippen LogP contribution in [0.3, 0.4) is 0 Å². The van der Waals surface area contributed by atoms with Crippen LogP contribution in [0.25, 0.3) is 0 Å². The SMILES string of the molecule is NCC(Cc1cc(F)cc(F)c1)c1ccc(Br)cc1. The van der Waals surface area contributed by atoms with Crippen molar-refractivity contribution in [1.29, 1.82) is 0 Å². The first-order valence-electron chi connectivity index (χ1n) is 5.99. The van der Waals surface area contributed by atoms with Gasteiger partial charge in [-0.3, -0.25) is 0 Å². The van der Waals surface area contributed by atoms with Gasteiger partial charge in [0.1, 0.15) is 11.6 Å². The lowest BCUT2D eigenvalue weighted by molar-refractivity contribution is 0.575. The van der Waals surface area contributed by atoms with Crippen LogP contribution in [0.4, 0.5) is 8.78 Å². The molecule has 0 aliphatic rings. The van der Waals surface area contributed by atoms with Crippen molar-refractivity contribution in [2.75, 3.05) is 6.54 Å². The summed E-state index contributed by atoms with van der Waals surface area (Å²) >= 11 is 3.37. The number of nitrogens with two attached hydrogens (primary N) is 1. The fraction of sp³-hybridized carbons (Fsp3) is 0.200. The van der Waals surface area contributed by atoms with Gasteiger partial charge in [0.25, 0.3) is 0 Å². The maximum Gasteiger partial charge on any atom is 0.126 e. The number of hydrogen-bond acceptors (Lipinski definition) is 1. The molecular formula is C15H14BrF2N. The van der Waals surface area contributed by atoms with Crippen LogP contribution in [0.1, 0.15) is 17.0 Å². The molecule has 0 saturated heterocycles. The van der Waals surface area contributed by atoms with Crippen LogP contribution < -0.4 is 5.73 Å². The van der Waals surface area contributed by atoms with Crippen molar-refractivity contribution in [2.45, 2.75) is 12.3 Å². The normalized spacial score (nSPS) is 12.4. The highest BCUT2D eigenvalue weighted by Gasteiger charge is 2.12. The van der Waals surface area contributed by atoms with Crippen molar-refractivity contribution >= 4 is 15.9 Å². The topological polar surface area (TPSA) is 26.0 Å². The molecule has 19 heavy (non-hydrogen) atoms. The van der Waals surface area contributed by atoms with Crippen LogP contribution in [-0.4, -0.2) is 6.54 Å². The van der Waals surface area contributed by atoms with E-state index in [0.717, 1.165) is 16.1 Å². The van der Waals surface area contributed by atoms with E-state index >= 15 is 0 Å². The Hall–Kier alpha value is -1.26. The van der Waals surface area contributed by atoms with Crippen molar-refractivity contribution in [3.05, 3.63) is 69.7 Å². The zero-order chi connectivity index (χ0) is 13.8. The molecule has 0 saturated carbocycles. The van der Waals surface area contributed by atoms with E-state index < -0.39 is 11.6 Å². The molecule has 1 atom stereocenters. The van der Waals surface area contributed by atoms with Gasteiger partial charge in [0.15, 0.2) is 0 Å². The first-order valence-corrected chi connectivity index (χ1v) is 6.78. The summed E-state index contributed by atoms with van der Waals surface area (Å²) < 4.78 is 27.3. The van der Waals surface area contributed by atoms with E-state index in [1.165, 1.54) is 12.1 Å². The third kappa shape index (κ3) is 3.85. The number of hydrogen-bond donors (Lipinski definition) is 1. The zero-order valence-electron chi connectivity index (χ0n) is 10.2. The van der Waals surface area contributed by atoms with Gasteiger partial charge >= 0.3 is 0 Å². The molecule has 0 aliphatic carbocycles. The Morgan fingerprint density at radius 1 is 1.00 bits per heavy atom. The van der Waals surface area contributed by atoms with Gasteiger partial charge in [0.2, 0.25) is 0 Å². The van der Waals surface area contributed by atoms with Gasteiger partial charge in [0.05, 0.1) is 0 Å². The first kappa shape index (κ1) is 14.2. The summed E-state index contributed by atoms with van der Waals surface area (Å²) in [5, 5.41) is 0. The predicted molar refractivity (Wildman–Crippen MR) is 76.0 cm³/mol. The van der Waals surface area contributed by atoms with E-state index in [-0.39, 0.29) is 5.92 Å². The molecule has 0 spiro atoms. The van der Waals surface area contributed by atoms with Gasteiger partial charge in [-0.05, 0) is 48.4 Å². The van der Waals surface area contributed by atoms with E-state index in [2.05, 4.69) is 15.9 Å². The second-order valence-corrected chi connectivity index (χ2v) is 5.38. The minimum absolute atomic E-state index is 0.0503. The lowest BCUT2D eigenvalue weighted by Gasteiger charge is -2.15. The van der Waals surface area contributed by atoms with Gasteiger partial charge < -0.3 is 5.73 Å². The maximum absolute atomic E-state index is 13.2. The largest absolute Gasteiger partial charge is 0.330 e. The summed E-state index contributed by atoms with van der Waals surface area (Å²) in [4.78, 5) is 0. The highest BCUT2D eigenvalue weighted by molar-refractivity contribution is 9.10. The maximum atomic E-state index is 13.2. The molecule has 0 aliphatic heterocycles. The summed E-state index contributed by atoms with van der Waals surface area (Å²) in [5.41, 5.74) is 7.45. The van der Waals surface area contributed by atoms with Crippen LogP contribution in [0.15, 0.2) is 46.9 Å². The van der Waals surface area contributed by atoms with E-state index in [1.54, 1.807) is 0 Å². The van der Waals surface area contributed by atoms with Crippen LogP contribution in [0, 0.1) is 11.6 Å². The number of rotatable bonds is 4. The summed E-state index contributed by atoms with van der Waals surface area (Å²) in [6.45, 7) is 0.430. The third-order valence-corrected chi connectivity index (χ3v) is 3.56. The summed E-state index contributed by atoms with van der Waals surface area (Å²) in [5.74, 6) is -1.06. The fourth-order valence-electron chi connectivity index (χ4n) is 2.09. The molecular weight excluding hydrogens is 312 g/mol. The van der Waals surface area contributed by atoms with E-state index in [9.17, 15) is 8.78 Å². The average molecular weight is 326 g/mol. The van der Waals surface area contributed by atoms with Crippen LogP contribution >= 0.6 is 15.9 Å². The van der Waals surface area contributed by atoms with Crippen molar-refractivity contribution < 1.29 is 8.78 Å². The second kappa shape index (κ2) is 6.26. The van der Waals surface area contributed by atoms with Crippen LogP contribution in [0.5, 0.6) is 0 Å². The minimum atomic E-state index is -0.554. The highest BCUT2D eigenvalue weighted by Crippen LogP contribution is 2.23. The Labute approximate surface area is 119 Å². The monoisotopic (exact) mass is 325 g/mol. The fourth-order valence-corrected chi connectivity index (χ4v) is 2.35. The minimum Gasteiger partial charge on any atom is -0.330 e. The van der Waals surface area contributed by atoms with Gasteiger partial charge in [-0.2, -0.15) is 0 Å². The van der Waals surface area contributed by atoms with Gasteiger partial charge in [-0.25, -0.2) is 8.78 Å². The van der Waals surface area contributed by atoms with Crippen molar-refractivity contribution in [1.82, 2.24) is 0 Å².